The zero-order chi connectivity index (χ0) is 13.3. The van der Waals surface area contributed by atoms with E-state index in [2.05, 4.69) is 31.7 Å². The molecule has 0 amide bonds. The molecule has 2 rings (SSSR count). The molecule has 0 aliphatic carbocycles. The lowest BCUT2D eigenvalue weighted by Crippen LogP contribution is -2.50. The average Bonchev–Trinajstić information content (AvgIpc) is 2.27. The second-order valence-electron chi connectivity index (χ2n) is 5.60. The van der Waals surface area contributed by atoms with E-state index in [4.69, 9.17) is 4.74 Å². The molecule has 98 valence electrons. The number of hydrogen-bond donors (Lipinski definition) is 0. The molecular formula is C15H21NO2. The SMILES string of the molecule is COc1ccc(C)cc1N1CCC(=O)CC1(C)C. The summed E-state index contributed by atoms with van der Waals surface area (Å²) in [5.74, 6) is 1.23. The highest BCUT2D eigenvalue weighted by Crippen LogP contribution is 2.37. The van der Waals surface area contributed by atoms with E-state index in [1.165, 1.54) is 5.56 Å². The number of piperidine rings is 1. The summed E-state index contributed by atoms with van der Waals surface area (Å²) in [4.78, 5) is 13.9. The van der Waals surface area contributed by atoms with Crippen molar-refractivity contribution in [1.29, 1.82) is 0 Å². The minimum atomic E-state index is -0.142. The number of ether oxygens (including phenoxy) is 1. The van der Waals surface area contributed by atoms with Crippen LogP contribution in [0.3, 0.4) is 0 Å². The van der Waals surface area contributed by atoms with E-state index < -0.39 is 0 Å². The van der Waals surface area contributed by atoms with Crippen molar-refractivity contribution < 1.29 is 9.53 Å². The summed E-state index contributed by atoms with van der Waals surface area (Å²) in [7, 11) is 1.69. The van der Waals surface area contributed by atoms with Gasteiger partial charge in [0, 0.05) is 24.9 Å². The number of nitrogens with zero attached hydrogens (tertiary/aromatic N) is 1. The molecule has 1 aromatic carbocycles. The predicted octanol–water partition coefficient (Wildman–Crippen LogP) is 2.95. The van der Waals surface area contributed by atoms with E-state index in [-0.39, 0.29) is 5.54 Å². The Labute approximate surface area is 109 Å². The predicted molar refractivity (Wildman–Crippen MR) is 73.4 cm³/mol. The van der Waals surface area contributed by atoms with Gasteiger partial charge in [-0.1, -0.05) is 6.07 Å². The van der Waals surface area contributed by atoms with Gasteiger partial charge in [-0.2, -0.15) is 0 Å². The average molecular weight is 247 g/mol. The first-order chi connectivity index (χ1) is 8.44. The number of carbonyl (C=O) groups excluding carboxylic acids is 1. The van der Waals surface area contributed by atoms with Crippen molar-refractivity contribution in [1.82, 2.24) is 0 Å². The molecule has 0 N–H and O–H groups in total. The van der Waals surface area contributed by atoms with Crippen LogP contribution in [0.1, 0.15) is 32.3 Å². The first kappa shape index (κ1) is 12.9. The normalized spacial score (nSPS) is 18.9. The Hall–Kier alpha value is -1.51. The summed E-state index contributed by atoms with van der Waals surface area (Å²) in [6.45, 7) is 7.08. The highest BCUT2D eigenvalue weighted by Gasteiger charge is 2.35. The van der Waals surface area contributed by atoms with Crippen LogP contribution in [0.25, 0.3) is 0 Å². The maximum absolute atomic E-state index is 11.6. The maximum Gasteiger partial charge on any atom is 0.142 e. The van der Waals surface area contributed by atoms with Gasteiger partial charge in [-0.3, -0.25) is 4.79 Å². The number of methoxy groups -OCH3 is 1. The largest absolute Gasteiger partial charge is 0.495 e. The molecule has 0 unspecified atom stereocenters. The number of ketones is 1. The van der Waals surface area contributed by atoms with Gasteiger partial charge in [-0.05, 0) is 38.5 Å². The second-order valence-corrected chi connectivity index (χ2v) is 5.60. The van der Waals surface area contributed by atoms with Crippen molar-refractivity contribution in [2.75, 3.05) is 18.6 Å². The van der Waals surface area contributed by atoms with Crippen LogP contribution in [-0.4, -0.2) is 25.0 Å². The molecule has 18 heavy (non-hydrogen) atoms. The van der Waals surface area contributed by atoms with Crippen LogP contribution in [-0.2, 0) is 4.79 Å². The van der Waals surface area contributed by atoms with E-state index in [0.717, 1.165) is 18.0 Å². The van der Waals surface area contributed by atoms with Crippen molar-refractivity contribution in [2.24, 2.45) is 0 Å². The molecule has 1 aromatic rings. The van der Waals surface area contributed by atoms with Gasteiger partial charge in [0.2, 0.25) is 0 Å². The van der Waals surface area contributed by atoms with E-state index in [1.807, 2.05) is 12.1 Å². The molecule has 0 saturated carbocycles. The maximum atomic E-state index is 11.6. The zero-order valence-corrected chi connectivity index (χ0v) is 11.6. The lowest BCUT2D eigenvalue weighted by molar-refractivity contribution is -0.121. The third-order valence-corrected chi connectivity index (χ3v) is 3.60. The Balaban J connectivity index is 2.41. The lowest BCUT2D eigenvalue weighted by atomic mass is 9.88. The molecular weight excluding hydrogens is 226 g/mol. The number of rotatable bonds is 2. The van der Waals surface area contributed by atoms with Crippen molar-refractivity contribution in [3.63, 3.8) is 0 Å². The summed E-state index contributed by atoms with van der Waals surface area (Å²) in [6, 6.07) is 6.18. The zero-order valence-electron chi connectivity index (χ0n) is 11.6. The third-order valence-electron chi connectivity index (χ3n) is 3.60. The molecule has 0 aromatic heterocycles. The minimum absolute atomic E-state index is 0.142. The van der Waals surface area contributed by atoms with Gasteiger partial charge >= 0.3 is 0 Å². The first-order valence-corrected chi connectivity index (χ1v) is 6.38. The number of Topliss-reactive ketones (excluding diaryl/α,β-unsaturated/α-hetero) is 1. The Morgan fingerprint density at radius 2 is 2.06 bits per heavy atom. The molecule has 0 atom stereocenters. The smallest absolute Gasteiger partial charge is 0.142 e. The van der Waals surface area contributed by atoms with E-state index in [1.54, 1.807) is 7.11 Å². The van der Waals surface area contributed by atoms with Crippen molar-refractivity contribution in [3.05, 3.63) is 23.8 Å². The number of aryl methyl sites for hydroxylation is 1. The Morgan fingerprint density at radius 1 is 1.33 bits per heavy atom. The van der Waals surface area contributed by atoms with E-state index in [0.29, 0.717) is 18.6 Å². The Morgan fingerprint density at radius 3 is 2.67 bits per heavy atom. The molecule has 0 bridgehead atoms. The van der Waals surface area contributed by atoms with Gasteiger partial charge in [0.1, 0.15) is 11.5 Å². The molecule has 3 heteroatoms. The molecule has 0 radical (unpaired) electrons. The van der Waals surface area contributed by atoms with Crippen LogP contribution in [0.15, 0.2) is 18.2 Å². The van der Waals surface area contributed by atoms with Crippen molar-refractivity contribution in [3.8, 4) is 5.75 Å². The molecule has 0 spiro atoms. The molecule has 1 saturated heterocycles. The standard InChI is InChI=1S/C15H21NO2/c1-11-5-6-14(18-4)13(9-11)16-8-7-12(17)10-15(16,2)3/h5-6,9H,7-8,10H2,1-4H3. The van der Waals surface area contributed by atoms with Crippen molar-refractivity contribution >= 4 is 11.5 Å². The van der Waals surface area contributed by atoms with Crippen LogP contribution >= 0.6 is 0 Å². The van der Waals surface area contributed by atoms with Crippen molar-refractivity contribution in [2.45, 2.75) is 39.2 Å². The summed E-state index contributed by atoms with van der Waals surface area (Å²) in [5.41, 5.74) is 2.16. The quantitative estimate of drug-likeness (QED) is 0.804. The van der Waals surface area contributed by atoms with Crippen LogP contribution in [0.5, 0.6) is 5.75 Å². The molecule has 3 nitrogen and oxygen atoms in total. The molecule has 1 heterocycles. The van der Waals surface area contributed by atoms with Gasteiger partial charge in [0.05, 0.1) is 12.8 Å². The van der Waals surface area contributed by atoms with Crippen LogP contribution < -0.4 is 9.64 Å². The van der Waals surface area contributed by atoms with Gasteiger partial charge < -0.3 is 9.64 Å². The minimum Gasteiger partial charge on any atom is -0.495 e. The highest BCUT2D eigenvalue weighted by atomic mass is 16.5. The molecule has 1 aliphatic heterocycles. The second kappa shape index (κ2) is 4.63. The van der Waals surface area contributed by atoms with E-state index >= 15 is 0 Å². The molecule has 1 aliphatic rings. The number of benzene rings is 1. The summed E-state index contributed by atoms with van der Waals surface area (Å²) < 4.78 is 5.45. The van der Waals surface area contributed by atoms with Gasteiger partial charge in [-0.15, -0.1) is 0 Å². The first-order valence-electron chi connectivity index (χ1n) is 6.38. The Bertz CT molecular complexity index is 466. The fraction of sp³-hybridized carbons (Fsp3) is 0.533. The fourth-order valence-corrected chi connectivity index (χ4v) is 2.66. The lowest BCUT2D eigenvalue weighted by Gasteiger charge is -2.44. The molecule has 1 fully saturated rings. The number of hydrogen-bond acceptors (Lipinski definition) is 3. The summed E-state index contributed by atoms with van der Waals surface area (Å²) in [5, 5.41) is 0. The monoisotopic (exact) mass is 247 g/mol. The van der Waals surface area contributed by atoms with Gasteiger partial charge in [-0.25, -0.2) is 0 Å². The number of carbonyl (C=O) groups is 1. The van der Waals surface area contributed by atoms with Gasteiger partial charge in [0.15, 0.2) is 0 Å². The van der Waals surface area contributed by atoms with Crippen LogP contribution in [0.4, 0.5) is 5.69 Å². The third kappa shape index (κ3) is 2.35. The summed E-state index contributed by atoms with van der Waals surface area (Å²) in [6.07, 6.45) is 1.23. The highest BCUT2D eigenvalue weighted by molar-refractivity contribution is 5.83. The van der Waals surface area contributed by atoms with Gasteiger partial charge in [0.25, 0.3) is 0 Å². The summed E-state index contributed by atoms with van der Waals surface area (Å²) >= 11 is 0. The number of anilines is 1. The van der Waals surface area contributed by atoms with E-state index in [9.17, 15) is 4.79 Å². The topological polar surface area (TPSA) is 29.5 Å². The Kier molecular flexibility index (Phi) is 3.33. The fourth-order valence-electron chi connectivity index (χ4n) is 2.66. The van der Waals surface area contributed by atoms with Crippen LogP contribution in [0, 0.1) is 6.92 Å². The van der Waals surface area contributed by atoms with Crippen LogP contribution in [0.2, 0.25) is 0 Å².